The molecule has 4 rings (SSSR count). The van der Waals surface area contributed by atoms with Crippen LogP contribution in [0.2, 0.25) is 0 Å². The van der Waals surface area contributed by atoms with Gasteiger partial charge < -0.3 is 9.52 Å². The molecular weight excluding hydrogens is 344 g/mol. The molecule has 0 bridgehead atoms. The summed E-state index contributed by atoms with van der Waals surface area (Å²) < 4.78 is 5.73. The molecule has 2 aromatic carbocycles. The van der Waals surface area contributed by atoms with E-state index in [0.717, 1.165) is 5.39 Å². The van der Waals surface area contributed by atoms with E-state index in [1.807, 2.05) is 18.2 Å². The Hall–Kier alpha value is -3.93. The van der Waals surface area contributed by atoms with Crippen LogP contribution in [0.4, 0.5) is 5.69 Å². The van der Waals surface area contributed by atoms with Crippen molar-refractivity contribution in [2.45, 2.75) is 0 Å². The number of phenolic OH excluding ortho intramolecular Hbond substituents is 1. The maximum absolute atomic E-state index is 11.2. The van der Waals surface area contributed by atoms with Crippen molar-refractivity contribution in [3.05, 3.63) is 88.3 Å². The molecule has 6 nitrogen and oxygen atoms in total. The predicted molar refractivity (Wildman–Crippen MR) is 103 cm³/mol. The summed E-state index contributed by atoms with van der Waals surface area (Å²) in [5.74, 6) is 1.09. The van der Waals surface area contributed by atoms with E-state index < -0.39 is 4.92 Å². The fraction of sp³-hybridized carbons (Fsp3) is 0. The Morgan fingerprint density at radius 2 is 1.81 bits per heavy atom. The first-order valence-electron chi connectivity index (χ1n) is 8.22. The summed E-state index contributed by atoms with van der Waals surface area (Å²) in [5.41, 5.74) is 1.61. The first-order valence-corrected chi connectivity index (χ1v) is 8.22. The predicted octanol–water partition coefficient (Wildman–Crippen LogP) is 5.28. The van der Waals surface area contributed by atoms with Gasteiger partial charge in [0.25, 0.3) is 5.69 Å². The van der Waals surface area contributed by atoms with Crippen LogP contribution >= 0.6 is 0 Å². The first-order chi connectivity index (χ1) is 13.1. The number of pyridine rings is 1. The van der Waals surface area contributed by atoms with Crippen LogP contribution in [0.15, 0.2) is 71.1 Å². The average Bonchev–Trinajstić information content (AvgIpc) is 3.16. The van der Waals surface area contributed by atoms with Crippen molar-refractivity contribution in [3.63, 3.8) is 0 Å². The second-order valence-electron chi connectivity index (χ2n) is 5.89. The van der Waals surface area contributed by atoms with Gasteiger partial charge in [0.05, 0.1) is 16.2 Å². The summed E-state index contributed by atoms with van der Waals surface area (Å²) >= 11 is 0. The highest BCUT2D eigenvalue weighted by atomic mass is 16.6. The Labute approximate surface area is 154 Å². The second-order valence-corrected chi connectivity index (χ2v) is 5.89. The lowest BCUT2D eigenvalue weighted by atomic mass is 10.1. The standard InChI is InChI=1S/C21H14N2O4/c24-19-7-3-4-14-8-9-15(22-21(14)19)10-11-16-12-13-20(27-16)17-5-1-2-6-18(17)23(25)26/h1-13,24H/b11-10-. The molecule has 0 fully saturated rings. The number of aromatic hydroxyl groups is 1. The van der Waals surface area contributed by atoms with E-state index in [2.05, 4.69) is 4.98 Å². The summed E-state index contributed by atoms with van der Waals surface area (Å²) in [6.07, 6.45) is 3.49. The molecule has 0 aliphatic heterocycles. The van der Waals surface area contributed by atoms with E-state index in [0.29, 0.717) is 28.3 Å². The molecular formula is C21H14N2O4. The van der Waals surface area contributed by atoms with Crippen LogP contribution in [0.25, 0.3) is 34.4 Å². The lowest BCUT2D eigenvalue weighted by molar-refractivity contribution is -0.384. The van der Waals surface area contributed by atoms with Gasteiger partial charge in [0.1, 0.15) is 22.8 Å². The molecule has 1 N–H and O–H groups in total. The van der Waals surface area contributed by atoms with Crippen molar-refractivity contribution in [1.29, 1.82) is 0 Å². The number of benzene rings is 2. The topological polar surface area (TPSA) is 89.4 Å². The number of furan rings is 1. The zero-order valence-electron chi connectivity index (χ0n) is 14.1. The molecule has 0 saturated heterocycles. The number of para-hydroxylation sites is 2. The molecule has 2 aromatic heterocycles. The molecule has 0 atom stereocenters. The molecule has 2 heterocycles. The monoisotopic (exact) mass is 358 g/mol. The van der Waals surface area contributed by atoms with Gasteiger partial charge in [0.15, 0.2) is 0 Å². The second kappa shape index (κ2) is 6.76. The highest BCUT2D eigenvalue weighted by Crippen LogP contribution is 2.31. The molecule has 0 amide bonds. The molecule has 0 aliphatic carbocycles. The maximum Gasteiger partial charge on any atom is 0.280 e. The Morgan fingerprint density at radius 1 is 0.963 bits per heavy atom. The summed E-state index contributed by atoms with van der Waals surface area (Å²) in [5, 5.41) is 21.9. The minimum absolute atomic E-state index is 0.00551. The van der Waals surface area contributed by atoms with E-state index >= 15 is 0 Å². The number of nitro groups is 1. The van der Waals surface area contributed by atoms with Crippen LogP contribution in [-0.4, -0.2) is 15.0 Å². The quantitative estimate of drug-likeness (QED) is 0.396. The SMILES string of the molecule is O=[N+]([O-])c1ccccc1-c1ccc(/C=C\c2ccc3cccc(O)c3n2)o1. The van der Waals surface area contributed by atoms with E-state index in [4.69, 9.17) is 4.42 Å². The Kier molecular flexibility index (Phi) is 4.14. The minimum Gasteiger partial charge on any atom is -0.506 e. The molecule has 0 saturated carbocycles. The number of hydrogen-bond acceptors (Lipinski definition) is 5. The average molecular weight is 358 g/mol. The lowest BCUT2D eigenvalue weighted by Crippen LogP contribution is -1.90. The fourth-order valence-corrected chi connectivity index (χ4v) is 2.84. The maximum atomic E-state index is 11.2. The van der Waals surface area contributed by atoms with Crippen LogP contribution in [0, 0.1) is 10.1 Å². The normalized spacial score (nSPS) is 11.3. The van der Waals surface area contributed by atoms with Crippen molar-refractivity contribution < 1.29 is 14.4 Å². The number of nitro benzene ring substituents is 1. The van der Waals surface area contributed by atoms with Crippen LogP contribution in [-0.2, 0) is 0 Å². The Bertz CT molecular complexity index is 1180. The van der Waals surface area contributed by atoms with Gasteiger partial charge >= 0.3 is 0 Å². The number of fused-ring (bicyclic) bond motifs is 1. The van der Waals surface area contributed by atoms with Crippen LogP contribution in [0.5, 0.6) is 5.75 Å². The summed E-state index contributed by atoms with van der Waals surface area (Å²) in [6, 6.07) is 18.8. The van der Waals surface area contributed by atoms with Crippen molar-refractivity contribution in [2.75, 3.05) is 0 Å². The first kappa shape index (κ1) is 16.5. The van der Waals surface area contributed by atoms with Gasteiger partial charge in [0.2, 0.25) is 0 Å². The van der Waals surface area contributed by atoms with Gasteiger partial charge in [-0.3, -0.25) is 10.1 Å². The number of rotatable bonds is 4. The zero-order chi connectivity index (χ0) is 18.8. The van der Waals surface area contributed by atoms with E-state index in [9.17, 15) is 15.2 Å². The molecule has 6 heteroatoms. The Balaban J connectivity index is 1.63. The van der Waals surface area contributed by atoms with Gasteiger partial charge in [-0.2, -0.15) is 0 Å². The molecule has 0 aliphatic rings. The molecule has 0 radical (unpaired) electrons. The largest absolute Gasteiger partial charge is 0.506 e. The Morgan fingerprint density at radius 3 is 2.67 bits per heavy atom. The lowest BCUT2D eigenvalue weighted by Gasteiger charge is -2.01. The van der Waals surface area contributed by atoms with Gasteiger partial charge in [-0.1, -0.05) is 30.3 Å². The number of aromatic nitrogens is 1. The van der Waals surface area contributed by atoms with Crippen molar-refractivity contribution in [2.24, 2.45) is 0 Å². The number of phenols is 1. The number of nitrogens with zero attached hydrogens (tertiary/aromatic N) is 2. The zero-order valence-corrected chi connectivity index (χ0v) is 14.1. The van der Waals surface area contributed by atoms with Crippen molar-refractivity contribution in [3.8, 4) is 17.1 Å². The molecule has 132 valence electrons. The van der Waals surface area contributed by atoms with Gasteiger partial charge in [-0.05, 0) is 42.5 Å². The molecule has 27 heavy (non-hydrogen) atoms. The highest BCUT2D eigenvalue weighted by Gasteiger charge is 2.16. The summed E-state index contributed by atoms with van der Waals surface area (Å²) in [4.78, 5) is 15.2. The molecule has 4 aromatic rings. The van der Waals surface area contributed by atoms with Crippen molar-refractivity contribution in [1.82, 2.24) is 4.98 Å². The highest BCUT2D eigenvalue weighted by molar-refractivity contribution is 5.85. The third kappa shape index (κ3) is 3.28. The third-order valence-corrected chi connectivity index (χ3v) is 4.13. The van der Waals surface area contributed by atoms with Crippen LogP contribution < -0.4 is 0 Å². The van der Waals surface area contributed by atoms with Crippen LogP contribution in [0.1, 0.15) is 11.5 Å². The van der Waals surface area contributed by atoms with Gasteiger partial charge in [-0.15, -0.1) is 0 Å². The minimum atomic E-state index is -0.432. The fourth-order valence-electron chi connectivity index (χ4n) is 2.84. The summed E-state index contributed by atoms with van der Waals surface area (Å²) in [6.45, 7) is 0. The molecule has 0 spiro atoms. The van der Waals surface area contributed by atoms with Crippen molar-refractivity contribution >= 4 is 28.7 Å². The van der Waals surface area contributed by atoms with E-state index in [-0.39, 0.29) is 11.4 Å². The third-order valence-electron chi connectivity index (χ3n) is 4.13. The number of hydrogen-bond donors (Lipinski definition) is 1. The van der Waals surface area contributed by atoms with Gasteiger partial charge in [0, 0.05) is 11.5 Å². The summed E-state index contributed by atoms with van der Waals surface area (Å²) in [7, 11) is 0. The molecule has 0 unspecified atom stereocenters. The van der Waals surface area contributed by atoms with E-state index in [1.165, 1.54) is 6.07 Å². The van der Waals surface area contributed by atoms with Gasteiger partial charge in [-0.25, -0.2) is 4.98 Å². The smallest absolute Gasteiger partial charge is 0.280 e. The van der Waals surface area contributed by atoms with E-state index in [1.54, 1.807) is 54.6 Å². The van der Waals surface area contributed by atoms with Crippen LogP contribution in [0.3, 0.4) is 0 Å².